The second kappa shape index (κ2) is 2.70. The molecule has 2 heterocycles. The van der Waals surface area contributed by atoms with E-state index >= 15 is 0 Å². The molecule has 0 aromatic carbocycles. The molecule has 0 aliphatic carbocycles. The average molecular weight is 170 g/mol. The Labute approximate surface area is 71.9 Å². The minimum absolute atomic E-state index is 0.207. The fourth-order valence-corrected chi connectivity index (χ4v) is 1.86. The average Bonchev–Trinajstić information content (AvgIpc) is 2.23. The molecule has 4 atom stereocenters. The second-order valence-electron chi connectivity index (χ2n) is 3.34. The fourth-order valence-electron chi connectivity index (χ4n) is 1.86. The van der Waals surface area contributed by atoms with Crippen LogP contribution >= 0.6 is 0 Å². The van der Waals surface area contributed by atoms with Gasteiger partial charge in [-0.2, -0.15) is 0 Å². The van der Waals surface area contributed by atoms with Crippen LogP contribution in [-0.4, -0.2) is 55.1 Å². The van der Waals surface area contributed by atoms with Crippen molar-refractivity contribution in [1.82, 2.24) is 0 Å². The Morgan fingerprint density at radius 3 is 2.92 bits per heavy atom. The number of hydrogen-bond acceptors (Lipinski definition) is 4. The van der Waals surface area contributed by atoms with Gasteiger partial charge in [-0.15, -0.1) is 0 Å². The Morgan fingerprint density at radius 1 is 1.58 bits per heavy atom. The third-order valence-electron chi connectivity index (χ3n) is 2.65. The SMILES string of the molecule is [B]C1OC2(CO)CCOC1C2O. The monoisotopic (exact) mass is 170 g/mol. The lowest BCUT2D eigenvalue weighted by molar-refractivity contribution is -0.138. The van der Waals surface area contributed by atoms with Crippen LogP contribution in [0.4, 0.5) is 0 Å². The molecule has 4 unspecified atom stereocenters. The molecule has 12 heavy (non-hydrogen) atoms. The first-order valence-corrected chi connectivity index (χ1v) is 4.03. The van der Waals surface area contributed by atoms with Crippen LogP contribution in [0.25, 0.3) is 0 Å². The topological polar surface area (TPSA) is 58.9 Å². The summed E-state index contributed by atoms with van der Waals surface area (Å²) in [7, 11) is 5.55. The summed E-state index contributed by atoms with van der Waals surface area (Å²) >= 11 is 0. The van der Waals surface area contributed by atoms with Crippen molar-refractivity contribution in [3.05, 3.63) is 0 Å². The van der Waals surface area contributed by atoms with Gasteiger partial charge in [0.2, 0.25) is 0 Å². The first-order valence-electron chi connectivity index (χ1n) is 4.03. The van der Waals surface area contributed by atoms with Crippen LogP contribution in [0.2, 0.25) is 0 Å². The summed E-state index contributed by atoms with van der Waals surface area (Å²) in [5, 5.41) is 18.7. The molecular weight excluding hydrogens is 159 g/mol. The van der Waals surface area contributed by atoms with Crippen molar-refractivity contribution in [2.75, 3.05) is 13.2 Å². The molecule has 0 saturated carbocycles. The van der Waals surface area contributed by atoms with Crippen LogP contribution in [0, 0.1) is 0 Å². The highest BCUT2D eigenvalue weighted by Gasteiger charge is 2.55. The molecule has 2 bridgehead atoms. The zero-order chi connectivity index (χ0) is 8.77. The molecule has 0 amide bonds. The van der Waals surface area contributed by atoms with Crippen molar-refractivity contribution < 1.29 is 19.7 Å². The molecule has 2 radical (unpaired) electrons. The van der Waals surface area contributed by atoms with E-state index in [4.69, 9.17) is 22.4 Å². The van der Waals surface area contributed by atoms with E-state index in [-0.39, 0.29) is 6.61 Å². The Kier molecular flexibility index (Phi) is 1.91. The summed E-state index contributed by atoms with van der Waals surface area (Å²) in [6.07, 6.45) is -0.786. The summed E-state index contributed by atoms with van der Waals surface area (Å²) in [5.41, 5.74) is -0.873. The van der Waals surface area contributed by atoms with Gasteiger partial charge in [-0.25, -0.2) is 0 Å². The van der Waals surface area contributed by atoms with Crippen LogP contribution in [0.3, 0.4) is 0 Å². The maximum absolute atomic E-state index is 9.64. The van der Waals surface area contributed by atoms with E-state index in [0.717, 1.165) is 0 Å². The highest BCUT2D eigenvalue weighted by molar-refractivity contribution is 6.11. The van der Waals surface area contributed by atoms with Crippen molar-refractivity contribution in [2.45, 2.75) is 30.2 Å². The Balaban J connectivity index is 2.24. The molecule has 0 aromatic rings. The third-order valence-corrected chi connectivity index (χ3v) is 2.65. The summed E-state index contributed by atoms with van der Waals surface area (Å²) in [6, 6.07) is -0.616. The van der Waals surface area contributed by atoms with Gasteiger partial charge >= 0.3 is 0 Å². The molecule has 2 fully saturated rings. The van der Waals surface area contributed by atoms with Crippen LogP contribution in [-0.2, 0) is 9.47 Å². The van der Waals surface area contributed by atoms with Gasteiger partial charge in [-0.1, -0.05) is 0 Å². The molecule has 5 heteroatoms. The molecule has 4 nitrogen and oxygen atoms in total. The Bertz CT molecular complexity index is 188. The number of rotatable bonds is 1. The molecule has 66 valence electrons. The zero-order valence-corrected chi connectivity index (χ0v) is 6.64. The first-order chi connectivity index (χ1) is 5.69. The lowest BCUT2D eigenvalue weighted by atomic mass is 9.86. The largest absolute Gasteiger partial charge is 0.393 e. The first kappa shape index (κ1) is 8.50. The molecule has 2 saturated heterocycles. The minimum Gasteiger partial charge on any atom is -0.393 e. The maximum atomic E-state index is 9.64. The predicted octanol–water partition coefficient (Wildman–Crippen LogP) is -1.61. The maximum Gasteiger partial charge on any atom is 0.121 e. The van der Waals surface area contributed by atoms with Crippen molar-refractivity contribution in [3.63, 3.8) is 0 Å². The summed E-state index contributed by atoms with van der Waals surface area (Å²) in [6.45, 7) is 0.276. The van der Waals surface area contributed by atoms with E-state index in [0.29, 0.717) is 13.0 Å². The van der Waals surface area contributed by atoms with E-state index in [1.807, 2.05) is 0 Å². The lowest BCUT2D eigenvalue weighted by Crippen LogP contribution is -2.51. The van der Waals surface area contributed by atoms with Crippen molar-refractivity contribution >= 4 is 7.85 Å². The van der Waals surface area contributed by atoms with E-state index in [9.17, 15) is 5.11 Å². The number of fused-ring (bicyclic) bond motifs is 2. The van der Waals surface area contributed by atoms with Crippen LogP contribution in [0.15, 0.2) is 0 Å². The van der Waals surface area contributed by atoms with Crippen molar-refractivity contribution in [2.24, 2.45) is 0 Å². The molecule has 2 N–H and O–H groups in total. The van der Waals surface area contributed by atoms with Gasteiger partial charge in [-0.3, -0.25) is 0 Å². The quantitative estimate of drug-likeness (QED) is 0.465. The van der Waals surface area contributed by atoms with Crippen molar-refractivity contribution in [1.29, 1.82) is 0 Å². The van der Waals surface area contributed by atoms with E-state index < -0.39 is 23.8 Å². The van der Waals surface area contributed by atoms with Crippen LogP contribution in [0.5, 0.6) is 0 Å². The van der Waals surface area contributed by atoms with Gasteiger partial charge < -0.3 is 19.7 Å². The highest BCUT2D eigenvalue weighted by atomic mass is 16.6. The smallest absolute Gasteiger partial charge is 0.121 e. The molecule has 2 rings (SSSR count). The molecule has 0 aromatic heterocycles. The summed E-state index contributed by atoms with van der Waals surface area (Å²) in [5.74, 6) is 0. The van der Waals surface area contributed by atoms with E-state index in [2.05, 4.69) is 0 Å². The van der Waals surface area contributed by atoms with Gasteiger partial charge in [-0.05, 0) is 0 Å². The van der Waals surface area contributed by atoms with Gasteiger partial charge in [0.25, 0.3) is 0 Å². The molecule has 0 spiro atoms. The van der Waals surface area contributed by atoms with Gasteiger partial charge in [0.05, 0.1) is 13.2 Å². The zero-order valence-electron chi connectivity index (χ0n) is 6.64. The summed E-state index contributed by atoms with van der Waals surface area (Å²) in [4.78, 5) is 0. The van der Waals surface area contributed by atoms with E-state index in [1.54, 1.807) is 0 Å². The number of ether oxygens (including phenoxy) is 2. The second-order valence-corrected chi connectivity index (χ2v) is 3.34. The molecular formula is C7H11BO4. The van der Waals surface area contributed by atoms with Gasteiger partial charge in [0.1, 0.15) is 25.7 Å². The molecule has 2 aliphatic heterocycles. The lowest BCUT2D eigenvalue weighted by Gasteiger charge is -2.34. The fraction of sp³-hybridized carbons (Fsp3) is 1.00. The van der Waals surface area contributed by atoms with Crippen LogP contribution in [0.1, 0.15) is 6.42 Å². The Hall–Kier alpha value is -0.0951. The standard InChI is InChI=1S/C7H11BO4/c8-6-4-5(10)7(3-9,12-6)1-2-11-4/h4-6,9-10H,1-3H2. The van der Waals surface area contributed by atoms with Crippen molar-refractivity contribution in [3.8, 4) is 0 Å². The van der Waals surface area contributed by atoms with Gasteiger partial charge in [0, 0.05) is 12.4 Å². The number of aliphatic hydroxyl groups excluding tert-OH is 2. The normalized spacial score (nSPS) is 52.7. The van der Waals surface area contributed by atoms with Crippen LogP contribution < -0.4 is 0 Å². The Morgan fingerprint density at radius 2 is 2.33 bits per heavy atom. The number of hydrogen-bond donors (Lipinski definition) is 2. The third kappa shape index (κ3) is 0.940. The van der Waals surface area contributed by atoms with Gasteiger partial charge in [0.15, 0.2) is 0 Å². The predicted molar refractivity (Wildman–Crippen MR) is 40.8 cm³/mol. The summed E-state index contributed by atoms with van der Waals surface area (Å²) < 4.78 is 10.5. The minimum atomic E-state index is -0.873. The highest BCUT2D eigenvalue weighted by Crippen LogP contribution is 2.38. The van der Waals surface area contributed by atoms with E-state index in [1.165, 1.54) is 0 Å². The molecule has 2 aliphatic rings. The number of aliphatic hydroxyl groups is 2.